The van der Waals surface area contributed by atoms with Crippen molar-refractivity contribution in [1.82, 2.24) is 4.90 Å². The number of aliphatic hydroxyl groups excluding tert-OH is 2. The third kappa shape index (κ3) is 4.86. The average Bonchev–Trinajstić information content (AvgIpc) is 3.29. The van der Waals surface area contributed by atoms with Crippen LogP contribution in [0, 0.1) is 11.8 Å². The molecule has 4 nitrogen and oxygen atoms in total. The Kier molecular flexibility index (Phi) is 5.87. The van der Waals surface area contributed by atoms with Crippen LogP contribution < -0.4 is 4.74 Å². The smallest absolute Gasteiger partial charge is 0.120 e. The summed E-state index contributed by atoms with van der Waals surface area (Å²) in [5.74, 6) is 6.27. The fourth-order valence-electron chi connectivity index (χ4n) is 2.13. The summed E-state index contributed by atoms with van der Waals surface area (Å²) in [6.07, 6.45) is 2.46. The van der Waals surface area contributed by atoms with Crippen molar-refractivity contribution in [2.75, 3.05) is 32.9 Å². The van der Waals surface area contributed by atoms with Crippen LogP contribution >= 0.6 is 0 Å². The lowest BCUT2D eigenvalue weighted by atomic mass is 10.2. The van der Waals surface area contributed by atoms with E-state index in [1.54, 1.807) is 0 Å². The van der Waals surface area contributed by atoms with Gasteiger partial charge in [0.1, 0.15) is 19.0 Å². The van der Waals surface area contributed by atoms with E-state index in [0.717, 1.165) is 24.4 Å². The number of hydrogen-bond donors (Lipinski definition) is 2. The summed E-state index contributed by atoms with van der Waals surface area (Å²) in [5, 5.41) is 17.7. The highest BCUT2D eigenvalue weighted by Crippen LogP contribution is 2.26. The molecule has 0 unspecified atom stereocenters. The van der Waals surface area contributed by atoms with Crippen molar-refractivity contribution in [3.63, 3.8) is 0 Å². The summed E-state index contributed by atoms with van der Waals surface area (Å²) in [4.78, 5) is 2.27. The predicted octanol–water partition coefficient (Wildman–Crippen LogP) is 0.866. The van der Waals surface area contributed by atoms with Gasteiger partial charge in [-0.3, -0.25) is 4.90 Å². The Balaban J connectivity index is 1.81. The third-order valence-corrected chi connectivity index (χ3v) is 3.24. The van der Waals surface area contributed by atoms with E-state index in [1.165, 1.54) is 12.8 Å². The number of rotatable bonds is 7. The molecular formula is C16H21NO3. The zero-order valence-electron chi connectivity index (χ0n) is 11.6. The van der Waals surface area contributed by atoms with E-state index in [1.807, 2.05) is 24.3 Å². The van der Waals surface area contributed by atoms with Crippen LogP contribution in [0.1, 0.15) is 18.4 Å². The minimum atomic E-state index is -0.136. The molecule has 1 aliphatic carbocycles. The van der Waals surface area contributed by atoms with E-state index >= 15 is 0 Å². The van der Waals surface area contributed by atoms with Gasteiger partial charge in [-0.1, -0.05) is 17.9 Å². The molecule has 0 heterocycles. The monoisotopic (exact) mass is 275 g/mol. The van der Waals surface area contributed by atoms with Crippen LogP contribution in [0.3, 0.4) is 0 Å². The van der Waals surface area contributed by atoms with Crippen LogP contribution in [-0.2, 0) is 0 Å². The number of hydrogen-bond acceptors (Lipinski definition) is 4. The normalized spacial score (nSPS) is 13.9. The molecule has 2 rings (SSSR count). The Bertz CT molecular complexity index is 474. The summed E-state index contributed by atoms with van der Waals surface area (Å²) in [6, 6.07) is 8.18. The van der Waals surface area contributed by atoms with Gasteiger partial charge in [-0.15, -0.1) is 0 Å². The maximum atomic E-state index is 9.03. The molecule has 1 saturated carbocycles. The lowest BCUT2D eigenvalue weighted by Gasteiger charge is -2.20. The second-order valence-corrected chi connectivity index (χ2v) is 4.83. The molecule has 0 atom stereocenters. The first-order chi connectivity index (χ1) is 9.83. The zero-order valence-corrected chi connectivity index (χ0v) is 11.6. The molecule has 1 aliphatic rings. The molecule has 0 aliphatic heterocycles. The fraction of sp³-hybridized carbons (Fsp3) is 0.500. The largest absolute Gasteiger partial charge is 0.492 e. The molecule has 1 fully saturated rings. The lowest BCUT2D eigenvalue weighted by molar-refractivity contribution is 0.162. The summed E-state index contributed by atoms with van der Waals surface area (Å²) < 4.78 is 5.73. The van der Waals surface area contributed by atoms with Crippen molar-refractivity contribution < 1.29 is 14.9 Å². The summed E-state index contributed by atoms with van der Waals surface area (Å²) >= 11 is 0. The molecule has 0 radical (unpaired) electrons. The molecule has 0 amide bonds. The molecule has 20 heavy (non-hydrogen) atoms. The van der Waals surface area contributed by atoms with E-state index in [4.69, 9.17) is 14.9 Å². The molecule has 0 saturated heterocycles. The van der Waals surface area contributed by atoms with Gasteiger partial charge < -0.3 is 14.9 Å². The van der Waals surface area contributed by atoms with Gasteiger partial charge in [0.25, 0.3) is 0 Å². The highest BCUT2D eigenvalue weighted by atomic mass is 16.5. The van der Waals surface area contributed by atoms with Gasteiger partial charge in [0.15, 0.2) is 0 Å². The van der Waals surface area contributed by atoms with Gasteiger partial charge in [0, 0.05) is 24.7 Å². The van der Waals surface area contributed by atoms with Crippen molar-refractivity contribution in [3.05, 3.63) is 29.8 Å². The number of nitrogens with zero attached hydrogens (tertiary/aromatic N) is 1. The molecule has 0 aromatic heterocycles. The van der Waals surface area contributed by atoms with Gasteiger partial charge in [-0.25, -0.2) is 0 Å². The van der Waals surface area contributed by atoms with Gasteiger partial charge in [0.2, 0.25) is 0 Å². The van der Waals surface area contributed by atoms with E-state index in [2.05, 4.69) is 16.7 Å². The maximum Gasteiger partial charge on any atom is 0.120 e. The minimum Gasteiger partial charge on any atom is -0.492 e. The standard InChI is InChI=1S/C16H21NO3/c18-10-2-4-14-3-1-5-16(13-14)20-12-9-17(8-11-19)15-6-7-15/h1,3,5,13,15,18-19H,6-12H2. The molecule has 2 N–H and O–H groups in total. The second-order valence-electron chi connectivity index (χ2n) is 4.83. The van der Waals surface area contributed by atoms with Crippen molar-refractivity contribution >= 4 is 0 Å². The molecule has 108 valence electrons. The Labute approximate surface area is 120 Å². The first kappa shape index (κ1) is 14.9. The van der Waals surface area contributed by atoms with Crippen molar-refractivity contribution in [2.45, 2.75) is 18.9 Å². The highest BCUT2D eigenvalue weighted by molar-refractivity contribution is 5.39. The lowest BCUT2D eigenvalue weighted by Crippen LogP contribution is -2.33. The number of benzene rings is 1. The van der Waals surface area contributed by atoms with Crippen LogP contribution in [0.15, 0.2) is 24.3 Å². The Morgan fingerprint density at radius 2 is 2.10 bits per heavy atom. The molecule has 0 spiro atoms. The van der Waals surface area contributed by atoms with Crippen LogP contribution in [-0.4, -0.2) is 54.1 Å². The summed E-state index contributed by atoms with van der Waals surface area (Å²) in [6.45, 7) is 2.21. The Morgan fingerprint density at radius 1 is 1.25 bits per heavy atom. The molecule has 1 aromatic carbocycles. The van der Waals surface area contributed by atoms with Gasteiger partial charge in [-0.2, -0.15) is 0 Å². The van der Waals surface area contributed by atoms with Crippen LogP contribution in [0.4, 0.5) is 0 Å². The van der Waals surface area contributed by atoms with E-state index in [9.17, 15) is 0 Å². The van der Waals surface area contributed by atoms with E-state index in [0.29, 0.717) is 12.6 Å². The van der Waals surface area contributed by atoms with Crippen molar-refractivity contribution in [3.8, 4) is 17.6 Å². The van der Waals surface area contributed by atoms with Crippen LogP contribution in [0.2, 0.25) is 0 Å². The third-order valence-electron chi connectivity index (χ3n) is 3.24. The molecular weight excluding hydrogens is 254 g/mol. The van der Waals surface area contributed by atoms with E-state index < -0.39 is 0 Å². The Morgan fingerprint density at radius 3 is 2.80 bits per heavy atom. The molecule has 1 aromatic rings. The molecule has 0 bridgehead atoms. The van der Waals surface area contributed by atoms with Crippen molar-refractivity contribution in [2.24, 2.45) is 0 Å². The van der Waals surface area contributed by atoms with Crippen molar-refractivity contribution in [1.29, 1.82) is 0 Å². The summed E-state index contributed by atoms with van der Waals surface area (Å²) in [7, 11) is 0. The van der Waals surface area contributed by atoms with Crippen LogP contribution in [0.25, 0.3) is 0 Å². The first-order valence-electron chi connectivity index (χ1n) is 7.01. The van der Waals surface area contributed by atoms with Gasteiger partial charge >= 0.3 is 0 Å². The predicted molar refractivity (Wildman–Crippen MR) is 77.6 cm³/mol. The van der Waals surface area contributed by atoms with Gasteiger partial charge in [0.05, 0.1) is 6.61 Å². The number of aliphatic hydroxyl groups is 2. The average molecular weight is 275 g/mol. The maximum absolute atomic E-state index is 9.03. The van der Waals surface area contributed by atoms with Crippen LogP contribution in [0.5, 0.6) is 5.75 Å². The SMILES string of the molecule is OCC#Cc1cccc(OCCN(CCO)C2CC2)c1. The first-order valence-corrected chi connectivity index (χ1v) is 7.01. The summed E-state index contributed by atoms with van der Waals surface area (Å²) in [5.41, 5.74) is 0.839. The Hall–Kier alpha value is -1.54. The quantitative estimate of drug-likeness (QED) is 0.725. The second kappa shape index (κ2) is 7.91. The molecule has 4 heteroatoms. The fourth-order valence-corrected chi connectivity index (χ4v) is 2.13. The number of ether oxygens (including phenoxy) is 1. The highest BCUT2D eigenvalue weighted by Gasteiger charge is 2.28. The zero-order chi connectivity index (χ0) is 14.2. The van der Waals surface area contributed by atoms with Gasteiger partial charge in [-0.05, 0) is 31.0 Å². The minimum absolute atomic E-state index is 0.136. The van der Waals surface area contributed by atoms with E-state index in [-0.39, 0.29) is 13.2 Å². The topological polar surface area (TPSA) is 52.9 Å².